The van der Waals surface area contributed by atoms with Crippen LogP contribution in [0.25, 0.3) is 0 Å². The van der Waals surface area contributed by atoms with Gasteiger partial charge in [0.1, 0.15) is 0 Å². The number of hydrogen-bond acceptors (Lipinski definition) is 2. The Morgan fingerprint density at radius 2 is 1.93 bits per heavy atom. The normalized spacial score (nSPS) is 23.0. The molecule has 0 spiro atoms. The summed E-state index contributed by atoms with van der Waals surface area (Å²) < 4.78 is 38.0. The topological polar surface area (TPSA) is 30.9 Å². The fourth-order valence-corrected chi connectivity index (χ4v) is 4.18. The van der Waals surface area contributed by atoms with Crippen LogP contribution in [-0.2, 0) is 0 Å². The molecule has 1 aliphatic carbocycles. The molecule has 2 rings (SSSR count). The van der Waals surface area contributed by atoms with E-state index in [1.165, 1.54) is 30.6 Å². The monoisotopic (exact) mass is 504 g/mol. The van der Waals surface area contributed by atoms with Crippen molar-refractivity contribution >= 4 is 29.9 Å². The molecule has 0 aromatic heterocycles. The van der Waals surface area contributed by atoms with Crippen molar-refractivity contribution < 1.29 is 13.2 Å². The van der Waals surface area contributed by atoms with Gasteiger partial charge in [-0.1, -0.05) is 26.7 Å². The van der Waals surface area contributed by atoms with Gasteiger partial charge in [0, 0.05) is 32.7 Å². The Kier molecular flexibility index (Phi) is 10.2. The maximum atomic E-state index is 12.7. The van der Waals surface area contributed by atoms with Gasteiger partial charge in [-0.15, -0.1) is 24.0 Å². The third kappa shape index (κ3) is 8.33. The molecule has 8 heteroatoms. The summed E-state index contributed by atoms with van der Waals surface area (Å²) in [5.41, 5.74) is 0.311. The lowest BCUT2D eigenvalue weighted by atomic mass is 9.89. The molecule has 0 bridgehead atoms. The Morgan fingerprint density at radius 1 is 1.26 bits per heavy atom. The maximum Gasteiger partial charge on any atom is 0.401 e. The minimum Gasteiger partial charge on any atom is -0.357 e. The fraction of sp³-hybridized carbons (Fsp3) is 0.947. The van der Waals surface area contributed by atoms with Crippen molar-refractivity contribution in [2.24, 2.45) is 16.3 Å². The van der Waals surface area contributed by atoms with Crippen molar-refractivity contribution in [1.82, 2.24) is 15.1 Å². The first-order valence-electron chi connectivity index (χ1n) is 10.1. The van der Waals surface area contributed by atoms with Gasteiger partial charge in [0.25, 0.3) is 0 Å². The van der Waals surface area contributed by atoms with Crippen LogP contribution in [0, 0.1) is 11.3 Å². The van der Waals surface area contributed by atoms with Gasteiger partial charge in [0.2, 0.25) is 0 Å². The van der Waals surface area contributed by atoms with Gasteiger partial charge in [-0.2, -0.15) is 13.2 Å². The van der Waals surface area contributed by atoms with E-state index < -0.39 is 12.7 Å². The van der Waals surface area contributed by atoms with E-state index in [2.05, 4.69) is 24.1 Å². The van der Waals surface area contributed by atoms with Crippen molar-refractivity contribution in [3.63, 3.8) is 0 Å². The fourth-order valence-electron chi connectivity index (χ4n) is 4.18. The summed E-state index contributed by atoms with van der Waals surface area (Å²) in [4.78, 5) is 8.62. The highest BCUT2D eigenvalue weighted by Gasteiger charge is 2.33. The highest BCUT2D eigenvalue weighted by Crippen LogP contribution is 2.37. The van der Waals surface area contributed by atoms with E-state index in [0.29, 0.717) is 18.5 Å². The molecule has 160 valence electrons. The number of rotatable bonds is 7. The predicted molar refractivity (Wildman–Crippen MR) is 116 cm³/mol. The Hall–Kier alpha value is -0.250. The van der Waals surface area contributed by atoms with Crippen molar-refractivity contribution in [2.45, 2.75) is 59.1 Å². The van der Waals surface area contributed by atoms with Gasteiger partial charge in [0.05, 0.1) is 6.54 Å². The molecule has 2 fully saturated rings. The van der Waals surface area contributed by atoms with E-state index in [1.807, 2.05) is 0 Å². The van der Waals surface area contributed by atoms with Gasteiger partial charge in [-0.25, -0.2) is 0 Å². The Morgan fingerprint density at radius 3 is 2.48 bits per heavy atom. The van der Waals surface area contributed by atoms with Crippen LogP contribution in [0.1, 0.15) is 52.9 Å². The number of alkyl halides is 3. The molecule has 1 aliphatic heterocycles. The number of halogens is 4. The summed E-state index contributed by atoms with van der Waals surface area (Å²) in [5, 5.41) is 3.37. The first-order valence-corrected chi connectivity index (χ1v) is 10.1. The van der Waals surface area contributed by atoms with E-state index in [4.69, 9.17) is 4.99 Å². The highest BCUT2D eigenvalue weighted by atomic mass is 127. The smallest absolute Gasteiger partial charge is 0.357 e. The average Bonchev–Trinajstić information content (AvgIpc) is 3.19. The number of nitrogens with one attached hydrogen (secondary N) is 1. The summed E-state index contributed by atoms with van der Waals surface area (Å²) >= 11 is 0. The number of likely N-dealkylation sites (tertiary alicyclic amines) is 1. The molecule has 1 N–H and O–H groups in total. The largest absolute Gasteiger partial charge is 0.401 e. The SMILES string of the molecule is CCNC(=NCC1(C)CCCC1)N1CCC(CN(CC)CC(F)(F)F)C1.I. The quantitative estimate of drug-likeness (QED) is 0.318. The lowest BCUT2D eigenvalue weighted by Gasteiger charge is -2.27. The van der Waals surface area contributed by atoms with Crippen LogP contribution in [0.3, 0.4) is 0 Å². The van der Waals surface area contributed by atoms with Crippen LogP contribution >= 0.6 is 24.0 Å². The summed E-state index contributed by atoms with van der Waals surface area (Å²) in [5.74, 6) is 1.20. The average molecular weight is 504 g/mol. The summed E-state index contributed by atoms with van der Waals surface area (Å²) in [6, 6.07) is 0. The second kappa shape index (κ2) is 11.1. The lowest BCUT2D eigenvalue weighted by Crippen LogP contribution is -2.42. The molecule has 0 aromatic carbocycles. The third-order valence-corrected chi connectivity index (χ3v) is 5.71. The number of aliphatic imine (C=N–C) groups is 1. The molecule has 2 aliphatic rings. The third-order valence-electron chi connectivity index (χ3n) is 5.71. The lowest BCUT2D eigenvalue weighted by molar-refractivity contribution is -0.146. The first-order chi connectivity index (χ1) is 12.2. The zero-order valence-corrected chi connectivity index (χ0v) is 19.3. The van der Waals surface area contributed by atoms with E-state index >= 15 is 0 Å². The highest BCUT2D eigenvalue weighted by molar-refractivity contribution is 14.0. The molecule has 0 amide bonds. The van der Waals surface area contributed by atoms with Gasteiger partial charge in [-0.05, 0) is 44.1 Å². The first kappa shape index (κ1) is 24.8. The summed E-state index contributed by atoms with van der Waals surface area (Å²) in [6.07, 6.45) is 1.86. The van der Waals surface area contributed by atoms with Gasteiger partial charge >= 0.3 is 6.18 Å². The zero-order valence-electron chi connectivity index (χ0n) is 16.9. The van der Waals surface area contributed by atoms with E-state index in [1.54, 1.807) is 6.92 Å². The van der Waals surface area contributed by atoms with Crippen LogP contribution in [0.15, 0.2) is 4.99 Å². The number of guanidine groups is 1. The maximum absolute atomic E-state index is 12.7. The van der Waals surface area contributed by atoms with Crippen LogP contribution in [0.4, 0.5) is 13.2 Å². The van der Waals surface area contributed by atoms with Crippen molar-refractivity contribution in [2.75, 3.05) is 45.8 Å². The van der Waals surface area contributed by atoms with E-state index in [-0.39, 0.29) is 29.9 Å². The number of nitrogens with zero attached hydrogens (tertiary/aromatic N) is 3. The Bertz CT molecular complexity index is 464. The van der Waals surface area contributed by atoms with Crippen molar-refractivity contribution in [3.8, 4) is 0 Å². The molecule has 1 unspecified atom stereocenters. The second-order valence-electron chi connectivity index (χ2n) is 8.23. The second-order valence-corrected chi connectivity index (χ2v) is 8.23. The summed E-state index contributed by atoms with van der Waals surface area (Å²) in [6.45, 7) is 9.61. The molecule has 1 saturated carbocycles. The van der Waals surface area contributed by atoms with Crippen LogP contribution in [0.5, 0.6) is 0 Å². The predicted octanol–water partition coefficient (Wildman–Crippen LogP) is 4.36. The molecule has 4 nitrogen and oxygen atoms in total. The van der Waals surface area contributed by atoms with Crippen molar-refractivity contribution in [3.05, 3.63) is 0 Å². The molecule has 1 atom stereocenters. The van der Waals surface area contributed by atoms with Crippen molar-refractivity contribution in [1.29, 1.82) is 0 Å². The Labute approximate surface area is 179 Å². The molecular formula is C19H36F3IN4. The van der Waals surface area contributed by atoms with E-state index in [0.717, 1.165) is 38.6 Å². The van der Waals surface area contributed by atoms with Crippen LogP contribution in [-0.4, -0.2) is 67.7 Å². The molecule has 1 heterocycles. The minimum atomic E-state index is -4.12. The summed E-state index contributed by atoms with van der Waals surface area (Å²) in [7, 11) is 0. The van der Waals surface area contributed by atoms with E-state index in [9.17, 15) is 13.2 Å². The molecular weight excluding hydrogens is 468 g/mol. The molecule has 0 radical (unpaired) electrons. The molecule has 27 heavy (non-hydrogen) atoms. The minimum absolute atomic E-state index is 0. The molecule has 1 saturated heterocycles. The Balaban J connectivity index is 0.00000364. The van der Waals surface area contributed by atoms with Crippen LogP contribution in [0.2, 0.25) is 0 Å². The number of hydrogen-bond donors (Lipinski definition) is 1. The van der Waals surface area contributed by atoms with Gasteiger partial charge in [0.15, 0.2) is 5.96 Å². The van der Waals surface area contributed by atoms with Gasteiger partial charge < -0.3 is 10.2 Å². The molecule has 0 aromatic rings. The van der Waals surface area contributed by atoms with Gasteiger partial charge in [-0.3, -0.25) is 9.89 Å². The van der Waals surface area contributed by atoms with Crippen LogP contribution < -0.4 is 5.32 Å². The standard InChI is InChI=1S/C19H35F3N4.HI/c1-4-23-17(24-14-18(3)9-6-7-10-18)26-11-8-16(13-26)12-25(5-2)15-19(20,21)22;/h16H,4-15H2,1-3H3,(H,23,24);1H. The zero-order chi connectivity index (χ0) is 19.2.